The second kappa shape index (κ2) is 3.56. The van der Waals surface area contributed by atoms with E-state index in [4.69, 9.17) is 9.47 Å². The minimum atomic E-state index is 0.832. The molecule has 0 saturated heterocycles. The molecule has 0 saturated carbocycles. The first-order valence-electron chi connectivity index (χ1n) is 5.29. The molecule has 0 unspecified atom stereocenters. The van der Waals surface area contributed by atoms with Gasteiger partial charge in [0.15, 0.2) is 0 Å². The number of ether oxygens (including phenoxy) is 2. The van der Waals surface area contributed by atoms with Crippen molar-refractivity contribution in [2.75, 3.05) is 7.11 Å². The highest BCUT2D eigenvalue weighted by Gasteiger charge is 2.16. The molecule has 1 aliphatic heterocycles. The van der Waals surface area contributed by atoms with Crippen LogP contribution in [0.1, 0.15) is 11.1 Å². The van der Waals surface area contributed by atoms with E-state index in [1.807, 2.05) is 30.3 Å². The summed E-state index contributed by atoms with van der Waals surface area (Å²) in [5.74, 6) is 2.68. The highest BCUT2D eigenvalue weighted by Crippen LogP contribution is 2.37. The Labute approximate surface area is 94.4 Å². The maximum absolute atomic E-state index is 5.84. The summed E-state index contributed by atoms with van der Waals surface area (Å²) in [5, 5.41) is 0. The lowest BCUT2D eigenvalue weighted by Crippen LogP contribution is -2.02. The molecule has 1 heterocycles. The van der Waals surface area contributed by atoms with Crippen LogP contribution in [0, 0.1) is 0 Å². The van der Waals surface area contributed by atoms with Gasteiger partial charge in [0.1, 0.15) is 17.2 Å². The Kier molecular flexibility index (Phi) is 2.07. The maximum Gasteiger partial charge on any atom is 0.134 e. The molecule has 0 spiro atoms. The van der Waals surface area contributed by atoms with Gasteiger partial charge < -0.3 is 9.47 Å². The van der Waals surface area contributed by atoms with Crippen LogP contribution in [-0.4, -0.2) is 7.11 Å². The second-order valence-corrected chi connectivity index (χ2v) is 3.86. The summed E-state index contributed by atoms with van der Waals surface area (Å²) >= 11 is 0. The van der Waals surface area contributed by atoms with Crippen molar-refractivity contribution in [2.45, 2.75) is 6.42 Å². The number of benzene rings is 2. The van der Waals surface area contributed by atoms with E-state index in [-0.39, 0.29) is 0 Å². The number of rotatable bonds is 1. The van der Waals surface area contributed by atoms with Gasteiger partial charge in [-0.1, -0.05) is 24.3 Å². The van der Waals surface area contributed by atoms with Gasteiger partial charge in [0.25, 0.3) is 0 Å². The van der Waals surface area contributed by atoms with Crippen molar-refractivity contribution in [3.8, 4) is 17.2 Å². The SMILES string of the molecule is COc1ccc2c(c1)Oc1ccccc1C2. The van der Waals surface area contributed by atoms with Crippen LogP contribution >= 0.6 is 0 Å². The first-order valence-corrected chi connectivity index (χ1v) is 5.29. The van der Waals surface area contributed by atoms with Crippen LogP contribution in [0.2, 0.25) is 0 Å². The molecule has 0 aliphatic carbocycles. The summed E-state index contributed by atoms with van der Waals surface area (Å²) in [6.45, 7) is 0. The fourth-order valence-corrected chi connectivity index (χ4v) is 1.98. The van der Waals surface area contributed by atoms with Crippen LogP contribution in [0.3, 0.4) is 0 Å². The molecule has 0 fully saturated rings. The molecule has 0 N–H and O–H groups in total. The normalized spacial score (nSPS) is 12.3. The zero-order valence-electron chi connectivity index (χ0n) is 9.07. The fraction of sp³-hybridized carbons (Fsp3) is 0.143. The van der Waals surface area contributed by atoms with Crippen molar-refractivity contribution in [2.24, 2.45) is 0 Å². The van der Waals surface area contributed by atoms with Crippen LogP contribution in [0.25, 0.3) is 0 Å². The number of methoxy groups -OCH3 is 1. The summed E-state index contributed by atoms with van der Waals surface area (Å²) in [6.07, 6.45) is 0.926. The lowest BCUT2D eigenvalue weighted by molar-refractivity contribution is 0.406. The molecule has 2 aromatic carbocycles. The third-order valence-corrected chi connectivity index (χ3v) is 2.85. The largest absolute Gasteiger partial charge is 0.497 e. The van der Waals surface area contributed by atoms with Gasteiger partial charge >= 0.3 is 0 Å². The van der Waals surface area contributed by atoms with E-state index in [0.717, 1.165) is 23.7 Å². The molecule has 16 heavy (non-hydrogen) atoms. The summed E-state index contributed by atoms with van der Waals surface area (Å²) in [7, 11) is 1.67. The van der Waals surface area contributed by atoms with E-state index in [1.54, 1.807) is 7.11 Å². The monoisotopic (exact) mass is 212 g/mol. The van der Waals surface area contributed by atoms with Crippen LogP contribution in [0.4, 0.5) is 0 Å². The second-order valence-electron chi connectivity index (χ2n) is 3.86. The van der Waals surface area contributed by atoms with E-state index in [2.05, 4.69) is 12.1 Å². The maximum atomic E-state index is 5.84. The van der Waals surface area contributed by atoms with Crippen molar-refractivity contribution in [3.05, 3.63) is 53.6 Å². The van der Waals surface area contributed by atoms with E-state index in [9.17, 15) is 0 Å². The molecule has 1 aliphatic rings. The van der Waals surface area contributed by atoms with Crippen molar-refractivity contribution in [3.63, 3.8) is 0 Å². The van der Waals surface area contributed by atoms with Gasteiger partial charge in [-0.3, -0.25) is 0 Å². The minimum Gasteiger partial charge on any atom is -0.497 e. The molecule has 2 aromatic rings. The van der Waals surface area contributed by atoms with Gasteiger partial charge in [-0.05, 0) is 23.3 Å². The Morgan fingerprint density at radius 2 is 1.81 bits per heavy atom. The molecular weight excluding hydrogens is 200 g/mol. The van der Waals surface area contributed by atoms with Crippen LogP contribution in [0.15, 0.2) is 42.5 Å². The zero-order valence-corrected chi connectivity index (χ0v) is 9.07. The Morgan fingerprint density at radius 1 is 1.00 bits per heavy atom. The average Bonchev–Trinajstić information content (AvgIpc) is 2.35. The van der Waals surface area contributed by atoms with E-state index in [1.165, 1.54) is 11.1 Å². The van der Waals surface area contributed by atoms with Crippen LogP contribution in [0.5, 0.6) is 17.2 Å². The van der Waals surface area contributed by atoms with Gasteiger partial charge in [0, 0.05) is 12.5 Å². The summed E-state index contributed by atoms with van der Waals surface area (Å²) in [4.78, 5) is 0. The Hall–Kier alpha value is -1.96. The molecule has 80 valence electrons. The number of hydrogen-bond acceptors (Lipinski definition) is 2. The first kappa shape index (κ1) is 9.28. The topological polar surface area (TPSA) is 18.5 Å². The van der Waals surface area contributed by atoms with Crippen molar-refractivity contribution >= 4 is 0 Å². The van der Waals surface area contributed by atoms with E-state index < -0.39 is 0 Å². The average molecular weight is 212 g/mol. The lowest BCUT2D eigenvalue weighted by atomic mass is 10.0. The van der Waals surface area contributed by atoms with Gasteiger partial charge in [-0.2, -0.15) is 0 Å². The molecule has 0 aromatic heterocycles. The quantitative estimate of drug-likeness (QED) is 0.615. The molecule has 0 bridgehead atoms. The number of fused-ring (bicyclic) bond motifs is 2. The lowest BCUT2D eigenvalue weighted by Gasteiger charge is -2.20. The van der Waals surface area contributed by atoms with Crippen LogP contribution < -0.4 is 9.47 Å². The Morgan fingerprint density at radius 3 is 2.69 bits per heavy atom. The van der Waals surface area contributed by atoms with Gasteiger partial charge in [0.2, 0.25) is 0 Å². The number of hydrogen-bond donors (Lipinski definition) is 0. The molecular formula is C14H12O2. The highest BCUT2D eigenvalue weighted by atomic mass is 16.5. The molecule has 2 heteroatoms. The number of para-hydroxylation sites is 1. The molecule has 3 rings (SSSR count). The molecule has 2 nitrogen and oxygen atoms in total. The zero-order chi connectivity index (χ0) is 11.0. The Balaban J connectivity index is 2.05. The van der Waals surface area contributed by atoms with E-state index >= 15 is 0 Å². The van der Waals surface area contributed by atoms with Crippen molar-refractivity contribution in [1.29, 1.82) is 0 Å². The third kappa shape index (κ3) is 1.43. The smallest absolute Gasteiger partial charge is 0.134 e. The summed E-state index contributed by atoms with van der Waals surface area (Å²) < 4.78 is 11.0. The molecule has 0 radical (unpaired) electrons. The summed E-state index contributed by atoms with van der Waals surface area (Å²) in [6, 6.07) is 14.1. The fourth-order valence-electron chi connectivity index (χ4n) is 1.98. The van der Waals surface area contributed by atoms with Gasteiger partial charge in [-0.15, -0.1) is 0 Å². The Bertz CT molecular complexity index is 532. The molecule has 0 atom stereocenters. The summed E-state index contributed by atoms with van der Waals surface area (Å²) in [5.41, 5.74) is 2.44. The standard InChI is InChI=1S/C14H12O2/c1-15-12-7-6-11-8-10-4-2-3-5-13(10)16-14(11)9-12/h2-7,9H,8H2,1H3. The highest BCUT2D eigenvalue weighted by molar-refractivity contribution is 5.51. The van der Waals surface area contributed by atoms with Gasteiger partial charge in [-0.25, -0.2) is 0 Å². The first-order chi connectivity index (χ1) is 7.86. The predicted octanol–water partition coefficient (Wildman–Crippen LogP) is 3.39. The van der Waals surface area contributed by atoms with Crippen LogP contribution in [-0.2, 0) is 6.42 Å². The third-order valence-electron chi connectivity index (χ3n) is 2.85. The minimum absolute atomic E-state index is 0.832. The predicted molar refractivity (Wildman–Crippen MR) is 62.3 cm³/mol. The van der Waals surface area contributed by atoms with Crippen molar-refractivity contribution in [1.82, 2.24) is 0 Å². The van der Waals surface area contributed by atoms with E-state index in [0.29, 0.717) is 0 Å². The van der Waals surface area contributed by atoms with Gasteiger partial charge in [0.05, 0.1) is 7.11 Å². The van der Waals surface area contributed by atoms with Crippen molar-refractivity contribution < 1.29 is 9.47 Å². The molecule has 0 amide bonds.